The Balaban J connectivity index is 1.79. The van der Waals surface area contributed by atoms with Crippen molar-refractivity contribution in [3.05, 3.63) is 29.1 Å². The fourth-order valence-electron chi connectivity index (χ4n) is 2.36. The Morgan fingerprint density at radius 3 is 2.96 bits per heavy atom. The Bertz CT molecular complexity index is 679. The molecule has 2 aromatic heterocycles. The summed E-state index contributed by atoms with van der Waals surface area (Å²) in [5.41, 5.74) is 5.80. The molecule has 0 spiro atoms. The van der Waals surface area contributed by atoms with E-state index in [9.17, 15) is 9.59 Å². The van der Waals surface area contributed by atoms with Crippen LogP contribution in [0, 0.1) is 0 Å². The molecule has 0 unspecified atom stereocenters. The first kappa shape index (κ1) is 15.6. The number of aromatic nitrogens is 2. The van der Waals surface area contributed by atoms with Crippen molar-refractivity contribution in [1.82, 2.24) is 10.1 Å². The Hall–Kier alpha value is -2.26. The Kier molecular flexibility index (Phi) is 4.68. The molecule has 0 aliphatic carbocycles. The standard InChI is InChI=1S/C14H16N4O4S/c15-13(20)11-7-16-14(23-11)18(8-10-2-1-4-21-10)12(19)6-9-3-5-22-17-9/h3,5,7,10H,1-2,4,6,8H2,(H2,15,20)/t10-/m1/s1. The van der Waals surface area contributed by atoms with Crippen LogP contribution in [0.4, 0.5) is 5.13 Å². The molecule has 3 rings (SSSR count). The molecule has 0 bridgehead atoms. The number of hydrogen-bond donors (Lipinski definition) is 1. The van der Waals surface area contributed by atoms with Gasteiger partial charge in [0.15, 0.2) is 5.13 Å². The molecule has 2 N–H and O–H groups in total. The number of carbonyl (C=O) groups is 2. The number of anilines is 1. The second kappa shape index (κ2) is 6.88. The lowest BCUT2D eigenvalue weighted by Crippen LogP contribution is -2.38. The third-order valence-corrected chi connectivity index (χ3v) is 4.54. The first-order valence-corrected chi connectivity index (χ1v) is 8.02. The summed E-state index contributed by atoms with van der Waals surface area (Å²) in [5.74, 6) is -0.741. The monoisotopic (exact) mass is 336 g/mol. The van der Waals surface area contributed by atoms with E-state index in [0.29, 0.717) is 28.9 Å². The maximum absolute atomic E-state index is 12.6. The lowest BCUT2D eigenvalue weighted by Gasteiger charge is -2.22. The predicted molar refractivity (Wildman–Crippen MR) is 82.2 cm³/mol. The molecule has 8 nitrogen and oxygen atoms in total. The molecule has 1 aliphatic rings. The van der Waals surface area contributed by atoms with E-state index in [1.165, 1.54) is 17.4 Å². The van der Waals surface area contributed by atoms with Crippen LogP contribution in [0.1, 0.15) is 28.2 Å². The Morgan fingerprint density at radius 2 is 2.35 bits per heavy atom. The maximum atomic E-state index is 12.6. The largest absolute Gasteiger partial charge is 0.376 e. The SMILES string of the molecule is NC(=O)c1cnc(N(C[C@H]2CCCO2)C(=O)Cc2ccon2)s1. The summed E-state index contributed by atoms with van der Waals surface area (Å²) in [4.78, 5) is 29.9. The highest BCUT2D eigenvalue weighted by molar-refractivity contribution is 7.17. The van der Waals surface area contributed by atoms with Crippen molar-refractivity contribution >= 4 is 28.3 Å². The minimum absolute atomic E-state index is 0.0304. The molecule has 3 heterocycles. The van der Waals surface area contributed by atoms with Gasteiger partial charge < -0.3 is 15.0 Å². The highest BCUT2D eigenvalue weighted by Gasteiger charge is 2.26. The first-order valence-electron chi connectivity index (χ1n) is 7.20. The molecular weight excluding hydrogens is 320 g/mol. The number of thiazole rings is 1. The van der Waals surface area contributed by atoms with Crippen LogP contribution in [0.15, 0.2) is 23.0 Å². The molecule has 9 heteroatoms. The van der Waals surface area contributed by atoms with Gasteiger partial charge in [-0.1, -0.05) is 16.5 Å². The molecule has 1 fully saturated rings. The molecule has 122 valence electrons. The Labute approximate surface area is 136 Å². The molecule has 1 saturated heterocycles. The highest BCUT2D eigenvalue weighted by atomic mass is 32.1. The summed E-state index contributed by atoms with van der Waals surface area (Å²) in [6.45, 7) is 1.09. The zero-order valence-electron chi connectivity index (χ0n) is 12.3. The van der Waals surface area contributed by atoms with E-state index >= 15 is 0 Å². The van der Waals surface area contributed by atoms with E-state index in [4.69, 9.17) is 15.0 Å². The van der Waals surface area contributed by atoms with Crippen molar-refractivity contribution in [3.8, 4) is 0 Å². The van der Waals surface area contributed by atoms with Gasteiger partial charge in [-0.25, -0.2) is 4.98 Å². The van der Waals surface area contributed by atoms with Crippen molar-refractivity contribution in [2.24, 2.45) is 5.73 Å². The molecule has 0 aromatic carbocycles. The van der Waals surface area contributed by atoms with E-state index in [0.717, 1.165) is 24.2 Å². The van der Waals surface area contributed by atoms with Crippen LogP contribution >= 0.6 is 11.3 Å². The summed E-state index contributed by atoms with van der Waals surface area (Å²) < 4.78 is 10.4. The van der Waals surface area contributed by atoms with Crippen LogP contribution in [0.2, 0.25) is 0 Å². The van der Waals surface area contributed by atoms with Crippen LogP contribution in [0.5, 0.6) is 0 Å². The molecule has 2 amide bonds. The number of amides is 2. The van der Waals surface area contributed by atoms with E-state index in [1.807, 2.05) is 0 Å². The van der Waals surface area contributed by atoms with E-state index in [-0.39, 0.29) is 18.4 Å². The fraction of sp³-hybridized carbons (Fsp3) is 0.429. The summed E-state index contributed by atoms with van der Waals surface area (Å²) in [6.07, 6.45) is 4.73. The third kappa shape index (κ3) is 3.74. The highest BCUT2D eigenvalue weighted by Crippen LogP contribution is 2.25. The van der Waals surface area contributed by atoms with Gasteiger partial charge in [-0.05, 0) is 12.8 Å². The normalized spacial score (nSPS) is 17.3. The van der Waals surface area contributed by atoms with Crippen molar-refractivity contribution in [2.45, 2.75) is 25.4 Å². The number of primary amides is 1. The molecule has 0 saturated carbocycles. The Morgan fingerprint density at radius 1 is 1.48 bits per heavy atom. The van der Waals surface area contributed by atoms with Gasteiger partial charge in [-0.15, -0.1) is 0 Å². The van der Waals surface area contributed by atoms with Gasteiger partial charge in [0.2, 0.25) is 5.91 Å². The molecule has 2 aromatic rings. The van der Waals surface area contributed by atoms with Crippen LogP contribution in [-0.2, 0) is 16.0 Å². The molecular formula is C14H16N4O4S. The quantitative estimate of drug-likeness (QED) is 0.842. The van der Waals surface area contributed by atoms with Crippen molar-refractivity contribution in [1.29, 1.82) is 0 Å². The molecule has 1 aliphatic heterocycles. The van der Waals surface area contributed by atoms with E-state index < -0.39 is 5.91 Å². The van der Waals surface area contributed by atoms with Crippen molar-refractivity contribution in [2.75, 3.05) is 18.1 Å². The number of nitrogens with two attached hydrogens (primary N) is 1. The van der Waals surface area contributed by atoms with Gasteiger partial charge in [0.05, 0.1) is 31.0 Å². The zero-order valence-corrected chi connectivity index (χ0v) is 13.1. The number of hydrogen-bond acceptors (Lipinski definition) is 7. The summed E-state index contributed by atoms with van der Waals surface area (Å²) in [7, 11) is 0. The molecule has 23 heavy (non-hydrogen) atoms. The second-order valence-electron chi connectivity index (χ2n) is 5.18. The second-order valence-corrected chi connectivity index (χ2v) is 6.19. The summed E-state index contributed by atoms with van der Waals surface area (Å²) in [5, 5.41) is 4.19. The number of carbonyl (C=O) groups excluding carboxylic acids is 2. The number of nitrogens with zero attached hydrogens (tertiary/aromatic N) is 3. The minimum atomic E-state index is -0.560. The van der Waals surface area contributed by atoms with Crippen LogP contribution < -0.4 is 10.6 Å². The third-order valence-electron chi connectivity index (χ3n) is 3.50. The van der Waals surface area contributed by atoms with E-state index in [2.05, 4.69) is 10.1 Å². The lowest BCUT2D eigenvalue weighted by atomic mass is 10.2. The number of ether oxygens (including phenoxy) is 1. The average Bonchev–Trinajstić information content (AvgIpc) is 3.26. The van der Waals surface area contributed by atoms with Crippen LogP contribution in [0.25, 0.3) is 0 Å². The van der Waals surface area contributed by atoms with Gasteiger partial charge in [0.25, 0.3) is 5.91 Å². The van der Waals surface area contributed by atoms with E-state index in [1.54, 1.807) is 6.07 Å². The van der Waals surface area contributed by atoms with Crippen molar-refractivity contribution in [3.63, 3.8) is 0 Å². The summed E-state index contributed by atoms with van der Waals surface area (Å²) in [6, 6.07) is 1.64. The van der Waals surface area contributed by atoms with Gasteiger partial charge in [-0.3, -0.25) is 14.5 Å². The van der Waals surface area contributed by atoms with Crippen LogP contribution in [-0.4, -0.2) is 41.2 Å². The molecule has 1 atom stereocenters. The van der Waals surface area contributed by atoms with Gasteiger partial charge in [0, 0.05) is 12.7 Å². The zero-order chi connectivity index (χ0) is 16.2. The fourth-order valence-corrected chi connectivity index (χ4v) is 3.16. The van der Waals surface area contributed by atoms with Gasteiger partial charge >= 0.3 is 0 Å². The average molecular weight is 336 g/mol. The lowest BCUT2D eigenvalue weighted by molar-refractivity contribution is -0.118. The predicted octanol–water partition coefficient (Wildman–Crippen LogP) is 0.985. The first-order chi connectivity index (χ1) is 11.1. The van der Waals surface area contributed by atoms with Gasteiger partial charge in [0.1, 0.15) is 11.1 Å². The van der Waals surface area contributed by atoms with Crippen molar-refractivity contribution < 1.29 is 18.8 Å². The van der Waals surface area contributed by atoms with Crippen LogP contribution in [0.3, 0.4) is 0 Å². The smallest absolute Gasteiger partial charge is 0.260 e. The van der Waals surface area contributed by atoms with Gasteiger partial charge in [-0.2, -0.15) is 0 Å². The molecule has 0 radical (unpaired) electrons. The number of rotatable bonds is 6. The minimum Gasteiger partial charge on any atom is -0.376 e. The summed E-state index contributed by atoms with van der Waals surface area (Å²) >= 11 is 1.09. The maximum Gasteiger partial charge on any atom is 0.260 e. The topological polar surface area (TPSA) is 112 Å².